The molecule has 2 aromatic rings. The summed E-state index contributed by atoms with van der Waals surface area (Å²) < 4.78 is 5.67. The summed E-state index contributed by atoms with van der Waals surface area (Å²) >= 11 is 1.49. The average Bonchev–Trinajstić information content (AvgIpc) is 2.66. The number of hydrogen-bond acceptors (Lipinski definition) is 5. The highest BCUT2D eigenvalue weighted by molar-refractivity contribution is 7.99. The topological polar surface area (TPSA) is 63.6 Å². The van der Waals surface area contributed by atoms with Crippen LogP contribution in [0.4, 0.5) is 0 Å². The monoisotopic (exact) mass is 285 g/mol. The van der Waals surface area contributed by atoms with Crippen molar-refractivity contribution in [3.05, 3.63) is 54.2 Å². The molecule has 0 spiro atoms. The van der Waals surface area contributed by atoms with Crippen LogP contribution in [0.1, 0.15) is 10.4 Å². The number of pyridine rings is 1. The van der Waals surface area contributed by atoms with E-state index in [0.717, 1.165) is 5.03 Å². The third kappa shape index (κ3) is 2.80. The average molecular weight is 285 g/mol. The number of carbonyl (C=O) groups excluding carboxylic acids is 1. The van der Waals surface area contributed by atoms with Gasteiger partial charge in [-0.3, -0.25) is 4.79 Å². The number of hydrogen-bond donors (Lipinski definition) is 1. The highest BCUT2D eigenvalue weighted by Crippen LogP contribution is 2.22. The molecule has 20 heavy (non-hydrogen) atoms. The number of fused-ring (bicyclic) bond motifs is 1. The van der Waals surface area contributed by atoms with Gasteiger partial charge in [-0.2, -0.15) is 0 Å². The Labute approximate surface area is 120 Å². The van der Waals surface area contributed by atoms with Gasteiger partial charge in [0.05, 0.1) is 16.3 Å². The number of ether oxygens (including phenoxy) is 1. The van der Waals surface area contributed by atoms with E-state index in [9.17, 15) is 4.79 Å². The molecule has 3 rings (SSSR count). The van der Waals surface area contributed by atoms with E-state index in [2.05, 4.69) is 15.5 Å². The highest BCUT2D eigenvalue weighted by atomic mass is 32.2. The Kier molecular flexibility index (Phi) is 3.64. The molecule has 1 aromatic heterocycles. The summed E-state index contributed by atoms with van der Waals surface area (Å²) in [7, 11) is 0. The Bertz CT molecular complexity index is 658. The molecule has 0 unspecified atom stereocenters. The van der Waals surface area contributed by atoms with Crippen LogP contribution < -0.4 is 10.2 Å². The van der Waals surface area contributed by atoms with Gasteiger partial charge in [-0.25, -0.2) is 10.4 Å². The largest absolute Gasteiger partial charge is 0.440 e. The molecular formula is C14H11N3O2S. The van der Waals surface area contributed by atoms with E-state index >= 15 is 0 Å². The van der Waals surface area contributed by atoms with Gasteiger partial charge in [0.25, 0.3) is 5.91 Å². The number of para-hydroxylation sites is 1. The third-order valence-electron chi connectivity index (χ3n) is 2.62. The molecule has 0 aliphatic carbocycles. The number of nitrogens with zero attached hydrogens (tertiary/aromatic N) is 2. The molecular weight excluding hydrogens is 274 g/mol. The molecule has 5 nitrogen and oxygen atoms in total. The van der Waals surface area contributed by atoms with Crippen molar-refractivity contribution in [2.45, 2.75) is 5.03 Å². The normalized spacial score (nSPS) is 13.6. The van der Waals surface area contributed by atoms with Gasteiger partial charge in [-0.15, -0.1) is 5.10 Å². The number of rotatable bonds is 3. The van der Waals surface area contributed by atoms with E-state index in [1.54, 1.807) is 24.4 Å². The number of hydrazone groups is 1. The van der Waals surface area contributed by atoms with Crippen molar-refractivity contribution in [2.75, 3.05) is 5.75 Å². The lowest BCUT2D eigenvalue weighted by atomic mass is 10.2. The maximum atomic E-state index is 11.8. The minimum absolute atomic E-state index is 0.265. The number of benzene rings is 1. The predicted molar refractivity (Wildman–Crippen MR) is 76.9 cm³/mol. The van der Waals surface area contributed by atoms with E-state index in [4.69, 9.17) is 4.74 Å². The maximum Gasteiger partial charge on any atom is 0.275 e. The van der Waals surface area contributed by atoms with E-state index < -0.39 is 0 Å². The zero-order chi connectivity index (χ0) is 13.8. The zero-order valence-electron chi connectivity index (χ0n) is 10.4. The van der Waals surface area contributed by atoms with Crippen molar-refractivity contribution in [3.8, 4) is 5.75 Å². The number of nitrogens with one attached hydrogen (secondary N) is 1. The summed E-state index contributed by atoms with van der Waals surface area (Å²) in [6.45, 7) is 0. The van der Waals surface area contributed by atoms with Crippen LogP contribution in [0.5, 0.6) is 5.75 Å². The molecule has 1 aliphatic heterocycles. The number of thioether (sulfide) groups is 1. The van der Waals surface area contributed by atoms with E-state index in [1.807, 2.05) is 24.3 Å². The third-order valence-corrected chi connectivity index (χ3v) is 3.55. The smallest absolute Gasteiger partial charge is 0.275 e. The van der Waals surface area contributed by atoms with Crippen LogP contribution in [-0.2, 0) is 0 Å². The number of amides is 1. The minimum Gasteiger partial charge on any atom is -0.440 e. The summed E-state index contributed by atoms with van der Waals surface area (Å²) in [6.07, 6.45) is 1.73. The molecule has 0 atom stereocenters. The second-order valence-corrected chi connectivity index (χ2v) is 5.00. The summed E-state index contributed by atoms with van der Waals surface area (Å²) in [5.74, 6) is 1.19. The quantitative estimate of drug-likeness (QED) is 0.879. The van der Waals surface area contributed by atoms with Crippen molar-refractivity contribution < 1.29 is 9.53 Å². The molecule has 1 aliphatic rings. The van der Waals surface area contributed by atoms with E-state index in [1.165, 1.54) is 11.8 Å². The maximum absolute atomic E-state index is 11.8. The Morgan fingerprint density at radius 1 is 1.15 bits per heavy atom. The van der Waals surface area contributed by atoms with Gasteiger partial charge in [0.15, 0.2) is 0 Å². The first-order chi connectivity index (χ1) is 9.83. The Hall–Kier alpha value is -2.34. The second kappa shape index (κ2) is 5.75. The summed E-state index contributed by atoms with van der Waals surface area (Å²) in [6, 6.07) is 12.8. The van der Waals surface area contributed by atoms with Gasteiger partial charge in [0.1, 0.15) is 5.75 Å². The van der Waals surface area contributed by atoms with Crippen LogP contribution in [0, 0.1) is 0 Å². The Morgan fingerprint density at radius 2 is 2.00 bits per heavy atom. The lowest BCUT2D eigenvalue weighted by molar-refractivity contribution is 0.0955. The van der Waals surface area contributed by atoms with Crippen LogP contribution in [0.2, 0.25) is 0 Å². The fourth-order valence-corrected chi connectivity index (χ4v) is 2.40. The molecule has 1 aromatic carbocycles. The molecule has 0 bridgehead atoms. The minimum atomic E-state index is -0.265. The van der Waals surface area contributed by atoms with Crippen molar-refractivity contribution >= 4 is 23.6 Å². The first kappa shape index (κ1) is 12.7. The Morgan fingerprint density at radius 3 is 2.85 bits per heavy atom. The molecule has 1 amide bonds. The predicted octanol–water partition coefficient (Wildman–Crippen LogP) is 2.31. The summed E-state index contributed by atoms with van der Waals surface area (Å²) in [5, 5.41) is 4.86. The first-order valence-electron chi connectivity index (χ1n) is 6.00. The van der Waals surface area contributed by atoms with Crippen molar-refractivity contribution in [1.82, 2.24) is 10.4 Å². The molecule has 0 saturated heterocycles. The first-order valence-corrected chi connectivity index (χ1v) is 6.99. The van der Waals surface area contributed by atoms with Crippen molar-refractivity contribution in [3.63, 3.8) is 0 Å². The highest BCUT2D eigenvalue weighted by Gasteiger charge is 2.18. The lowest BCUT2D eigenvalue weighted by Crippen LogP contribution is -2.18. The van der Waals surface area contributed by atoms with Crippen LogP contribution in [-0.4, -0.2) is 22.5 Å². The zero-order valence-corrected chi connectivity index (χ0v) is 11.3. The number of aromatic nitrogens is 1. The van der Waals surface area contributed by atoms with E-state index in [0.29, 0.717) is 23.0 Å². The van der Waals surface area contributed by atoms with Gasteiger partial charge in [-0.1, -0.05) is 30.0 Å². The van der Waals surface area contributed by atoms with Gasteiger partial charge in [-0.05, 0) is 24.3 Å². The molecule has 0 saturated carbocycles. The fraction of sp³-hybridized carbons (Fsp3) is 0.0714. The second-order valence-electron chi connectivity index (χ2n) is 4.00. The van der Waals surface area contributed by atoms with Crippen molar-refractivity contribution in [1.29, 1.82) is 0 Å². The van der Waals surface area contributed by atoms with Gasteiger partial charge < -0.3 is 4.74 Å². The molecule has 0 radical (unpaired) electrons. The Balaban J connectivity index is 1.74. The summed E-state index contributed by atoms with van der Waals surface area (Å²) in [5.41, 5.74) is 2.96. The van der Waals surface area contributed by atoms with Crippen LogP contribution in [0.25, 0.3) is 0 Å². The fourth-order valence-electron chi connectivity index (χ4n) is 1.70. The summed E-state index contributed by atoms with van der Waals surface area (Å²) in [4.78, 5) is 16.0. The van der Waals surface area contributed by atoms with Crippen LogP contribution >= 0.6 is 11.8 Å². The molecule has 0 fully saturated rings. The van der Waals surface area contributed by atoms with Gasteiger partial charge in [0, 0.05) is 6.20 Å². The number of carbonyl (C=O) groups is 1. The SMILES string of the molecule is O=C1NN=C(CSc2ccccn2)Oc2ccccc21. The molecule has 100 valence electrons. The molecule has 1 N–H and O–H groups in total. The molecule has 6 heteroatoms. The van der Waals surface area contributed by atoms with E-state index in [-0.39, 0.29) is 5.91 Å². The van der Waals surface area contributed by atoms with Gasteiger partial charge >= 0.3 is 0 Å². The lowest BCUT2D eigenvalue weighted by Gasteiger charge is -2.06. The van der Waals surface area contributed by atoms with Crippen LogP contribution in [0.15, 0.2) is 58.8 Å². The van der Waals surface area contributed by atoms with Crippen molar-refractivity contribution in [2.24, 2.45) is 5.10 Å². The molecule has 2 heterocycles. The standard InChI is InChI=1S/C14H11N3O2S/c18-14-10-5-1-2-6-11(10)19-12(16-17-14)9-20-13-7-3-4-8-15-13/h1-8H,9H2,(H,17,18). The van der Waals surface area contributed by atoms with Crippen LogP contribution in [0.3, 0.4) is 0 Å². The van der Waals surface area contributed by atoms with Gasteiger partial charge in [0.2, 0.25) is 5.90 Å².